The molecular weight excluding hydrogens is 483 g/mol. The SMILES string of the molecule is Cc1nnnn1-c1ccc(F)c(Nc2ncc(N(C)CC(C)C)c(NCC3CCCN4CCCCC34)n2)c1. The van der Waals surface area contributed by atoms with Crippen LogP contribution >= 0.6 is 0 Å². The molecule has 0 amide bonds. The van der Waals surface area contributed by atoms with Crippen molar-refractivity contribution in [2.24, 2.45) is 11.8 Å². The topological polar surface area (TPSA) is 99.9 Å². The zero-order valence-corrected chi connectivity index (χ0v) is 22.9. The fourth-order valence-electron chi connectivity index (χ4n) is 5.87. The Morgan fingerprint density at radius 3 is 2.79 bits per heavy atom. The number of piperidine rings is 2. The summed E-state index contributed by atoms with van der Waals surface area (Å²) in [5.41, 5.74) is 1.85. The van der Waals surface area contributed by atoms with Crippen molar-refractivity contribution in [3.63, 3.8) is 0 Å². The molecule has 2 N–H and O–H groups in total. The van der Waals surface area contributed by atoms with Crippen molar-refractivity contribution in [2.45, 2.75) is 58.9 Å². The van der Waals surface area contributed by atoms with Gasteiger partial charge in [-0.1, -0.05) is 20.3 Å². The third-order valence-corrected chi connectivity index (χ3v) is 7.65. The van der Waals surface area contributed by atoms with Gasteiger partial charge in [0.25, 0.3) is 0 Å². The average Bonchev–Trinajstić information content (AvgIpc) is 3.34. The number of nitrogens with zero attached hydrogens (tertiary/aromatic N) is 8. The molecule has 0 spiro atoms. The highest BCUT2D eigenvalue weighted by atomic mass is 19.1. The quantitative estimate of drug-likeness (QED) is 0.423. The molecule has 2 aliphatic rings. The predicted octanol–water partition coefficient (Wildman–Crippen LogP) is 4.41. The zero-order chi connectivity index (χ0) is 26.6. The van der Waals surface area contributed by atoms with E-state index in [0.29, 0.717) is 35.3 Å². The minimum atomic E-state index is -0.404. The summed E-state index contributed by atoms with van der Waals surface area (Å²) in [6, 6.07) is 5.34. The number of anilines is 4. The van der Waals surface area contributed by atoms with Gasteiger partial charge in [-0.3, -0.25) is 0 Å². The first kappa shape index (κ1) is 26.3. The highest BCUT2D eigenvalue weighted by Gasteiger charge is 2.33. The molecule has 2 aromatic heterocycles. The van der Waals surface area contributed by atoms with E-state index in [1.165, 1.54) is 51.3 Å². The number of benzene rings is 1. The fourth-order valence-corrected chi connectivity index (χ4v) is 5.87. The first-order valence-electron chi connectivity index (χ1n) is 13.8. The Balaban J connectivity index is 1.38. The number of aryl methyl sites for hydroxylation is 1. The van der Waals surface area contributed by atoms with E-state index in [4.69, 9.17) is 4.98 Å². The van der Waals surface area contributed by atoms with E-state index in [1.54, 1.807) is 23.7 Å². The van der Waals surface area contributed by atoms with Crippen LogP contribution in [-0.4, -0.2) is 74.3 Å². The minimum absolute atomic E-state index is 0.261. The first-order chi connectivity index (χ1) is 18.4. The number of tetrazole rings is 1. The summed E-state index contributed by atoms with van der Waals surface area (Å²) in [4.78, 5) is 14.2. The van der Waals surface area contributed by atoms with Crippen LogP contribution in [-0.2, 0) is 0 Å². The number of rotatable bonds is 9. The van der Waals surface area contributed by atoms with Crippen LogP contribution in [0.15, 0.2) is 24.4 Å². The van der Waals surface area contributed by atoms with Gasteiger partial charge < -0.3 is 20.4 Å². The molecule has 204 valence electrons. The molecule has 0 bridgehead atoms. The number of nitrogens with one attached hydrogen (secondary N) is 2. The second-order valence-electron chi connectivity index (χ2n) is 11.0. The van der Waals surface area contributed by atoms with Crippen LogP contribution < -0.4 is 15.5 Å². The van der Waals surface area contributed by atoms with Crippen LogP contribution in [0.2, 0.25) is 0 Å². The molecule has 0 aliphatic carbocycles. The van der Waals surface area contributed by atoms with E-state index in [2.05, 4.69) is 61.8 Å². The van der Waals surface area contributed by atoms with Crippen molar-refractivity contribution >= 4 is 23.1 Å². The third kappa shape index (κ3) is 5.87. The average molecular weight is 523 g/mol. The van der Waals surface area contributed by atoms with Gasteiger partial charge in [-0.25, -0.2) is 9.37 Å². The van der Waals surface area contributed by atoms with Crippen LogP contribution in [0.1, 0.15) is 51.8 Å². The van der Waals surface area contributed by atoms with E-state index in [9.17, 15) is 4.39 Å². The molecule has 2 unspecified atom stereocenters. The Labute approximate surface area is 224 Å². The number of hydrogen-bond donors (Lipinski definition) is 2. The molecule has 11 heteroatoms. The van der Waals surface area contributed by atoms with Gasteiger partial charge in [0.15, 0.2) is 11.6 Å². The van der Waals surface area contributed by atoms with Crippen molar-refractivity contribution in [1.29, 1.82) is 0 Å². The second-order valence-corrected chi connectivity index (χ2v) is 11.0. The fraction of sp³-hybridized carbons (Fsp3) is 0.593. The minimum Gasteiger partial charge on any atom is -0.370 e. The largest absolute Gasteiger partial charge is 0.370 e. The van der Waals surface area contributed by atoms with Gasteiger partial charge in [-0.2, -0.15) is 9.67 Å². The van der Waals surface area contributed by atoms with Gasteiger partial charge in [-0.15, -0.1) is 5.10 Å². The maximum Gasteiger partial charge on any atom is 0.229 e. The Bertz CT molecular complexity index is 1230. The molecule has 1 aromatic carbocycles. The maximum atomic E-state index is 14.8. The van der Waals surface area contributed by atoms with Crippen LogP contribution in [0.25, 0.3) is 5.69 Å². The van der Waals surface area contributed by atoms with E-state index in [-0.39, 0.29) is 5.69 Å². The van der Waals surface area contributed by atoms with Crippen LogP contribution in [0.5, 0.6) is 0 Å². The zero-order valence-electron chi connectivity index (χ0n) is 22.9. The van der Waals surface area contributed by atoms with Gasteiger partial charge in [0.2, 0.25) is 5.95 Å². The lowest BCUT2D eigenvalue weighted by molar-refractivity contribution is 0.0649. The van der Waals surface area contributed by atoms with Crippen LogP contribution in [0.3, 0.4) is 0 Å². The van der Waals surface area contributed by atoms with E-state index in [1.807, 2.05) is 6.20 Å². The van der Waals surface area contributed by atoms with Crippen molar-refractivity contribution in [3.05, 3.63) is 36.0 Å². The monoisotopic (exact) mass is 522 g/mol. The molecule has 3 aromatic rings. The summed E-state index contributed by atoms with van der Waals surface area (Å²) in [6.45, 7) is 10.4. The Morgan fingerprint density at radius 2 is 2.00 bits per heavy atom. The van der Waals surface area contributed by atoms with Crippen molar-refractivity contribution in [2.75, 3.05) is 48.8 Å². The number of hydrogen-bond acceptors (Lipinski definition) is 9. The summed E-state index contributed by atoms with van der Waals surface area (Å²) < 4.78 is 16.3. The first-order valence-corrected chi connectivity index (χ1v) is 13.8. The molecule has 38 heavy (non-hydrogen) atoms. The van der Waals surface area contributed by atoms with E-state index < -0.39 is 5.82 Å². The molecule has 4 heterocycles. The molecular formula is C27H39FN10. The Hall–Kier alpha value is -3.34. The lowest BCUT2D eigenvalue weighted by atomic mass is 9.83. The van der Waals surface area contributed by atoms with Crippen LogP contribution in [0.4, 0.5) is 27.5 Å². The van der Waals surface area contributed by atoms with Crippen molar-refractivity contribution < 1.29 is 4.39 Å². The highest BCUT2D eigenvalue weighted by Crippen LogP contribution is 2.32. The van der Waals surface area contributed by atoms with Gasteiger partial charge >= 0.3 is 0 Å². The van der Waals surface area contributed by atoms with E-state index >= 15 is 0 Å². The predicted molar refractivity (Wildman–Crippen MR) is 148 cm³/mol. The lowest BCUT2D eigenvalue weighted by Gasteiger charge is -2.44. The lowest BCUT2D eigenvalue weighted by Crippen LogP contribution is -2.49. The number of halogens is 1. The van der Waals surface area contributed by atoms with Gasteiger partial charge in [0.05, 0.1) is 23.3 Å². The molecule has 2 saturated heterocycles. The Morgan fingerprint density at radius 1 is 1.16 bits per heavy atom. The maximum absolute atomic E-state index is 14.8. The normalized spacial score (nSPS) is 19.8. The summed E-state index contributed by atoms with van der Waals surface area (Å²) in [7, 11) is 2.07. The molecule has 5 rings (SSSR count). The van der Waals surface area contributed by atoms with Gasteiger partial charge in [-0.05, 0) is 86.2 Å². The highest BCUT2D eigenvalue weighted by molar-refractivity contribution is 5.68. The molecule has 2 fully saturated rings. The molecule has 0 radical (unpaired) electrons. The Kier molecular flexibility index (Phi) is 8.01. The van der Waals surface area contributed by atoms with Gasteiger partial charge in [0.1, 0.15) is 5.82 Å². The second kappa shape index (κ2) is 11.6. The van der Waals surface area contributed by atoms with Gasteiger partial charge in [0, 0.05) is 26.2 Å². The van der Waals surface area contributed by atoms with Crippen molar-refractivity contribution in [3.8, 4) is 5.69 Å². The summed E-state index contributed by atoms with van der Waals surface area (Å²) in [6.07, 6.45) is 8.20. The van der Waals surface area contributed by atoms with Crippen molar-refractivity contribution in [1.82, 2.24) is 35.1 Å². The summed E-state index contributed by atoms with van der Waals surface area (Å²) >= 11 is 0. The third-order valence-electron chi connectivity index (χ3n) is 7.65. The summed E-state index contributed by atoms with van der Waals surface area (Å²) in [5, 5.41) is 18.3. The molecule has 2 aliphatic heterocycles. The number of fused-ring (bicyclic) bond motifs is 1. The summed E-state index contributed by atoms with van der Waals surface area (Å²) in [5.74, 6) is 2.40. The number of aromatic nitrogens is 6. The molecule has 10 nitrogen and oxygen atoms in total. The van der Waals surface area contributed by atoms with E-state index in [0.717, 1.165) is 24.6 Å². The molecule has 0 saturated carbocycles. The van der Waals surface area contributed by atoms with Crippen LogP contribution in [0, 0.1) is 24.6 Å². The smallest absolute Gasteiger partial charge is 0.229 e. The molecule has 2 atom stereocenters. The standard InChI is InChI=1S/C27H39FN10/c1-18(2)17-36(4)25-16-30-27(31-23-14-21(10-11-22(23)28)38-19(3)33-34-35-38)32-26(25)29-15-20-8-7-13-37-12-6-5-9-24(20)37/h10-11,14,16,18,20,24H,5-9,12-13,15,17H2,1-4H3,(H2,29,30,31,32).